The summed E-state index contributed by atoms with van der Waals surface area (Å²) in [5.74, 6) is -0.768. The van der Waals surface area contributed by atoms with Crippen LogP contribution < -0.4 is 11.0 Å². The third-order valence-electron chi connectivity index (χ3n) is 5.08. The van der Waals surface area contributed by atoms with Crippen LogP contribution in [0, 0.1) is 5.82 Å². The molecule has 164 valence electrons. The number of rotatable bonds is 5. The summed E-state index contributed by atoms with van der Waals surface area (Å²) in [6.07, 6.45) is 7.40. The van der Waals surface area contributed by atoms with Crippen LogP contribution in [0.5, 0.6) is 0 Å². The van der Waals surface area contributed by atoms with Crippen molar-refractivity contribution in [3.05, 3.63) is 76.2 Å². The van der Waals surface area contributed by atoms with Crippen LogP contribution >= 0.6 is 11.6 Å². The van der Waals surface area contributed by atoms with Gasteiger partial charge in [0.25, 0.3) is 0 Å². The molecule has 0 amide bonds. The van der Waals surface area contributed by atoms with Crippen molar-refractivity contribution in [2.45, 2.75) is 13.0 Å². The fraction of sp³-hybridized carbons (Fsp3) is 0.0952. The summed E-state index contributed by atoms with van der Waals surface area (Å²) in [6, 6.07) is 5.13. The van der Waals surface area contributed by atoms with Crippen molar-refractivity contribution in [2.24, 2.45) is 0 Å². The standard InChI is InChI=1S/C21H15ClFN9O/c1-10(29-20-16(23)9-26-21(33)30-20)14-4-12(6-24-18(14)22)13-5-15-17(11-2-3-27-28-8-11)31-32-19(15)25-7-13/h2-10H,1H3,(H,25,31,32)(H2,26,29,30,33). The van der Waals surface area contributed by atoms with Crippen LogP contribution in [0.2, 0.25) is 5.15 Å². The van der Waals surface area contributed by atoms with Crippen LogP contribution in [0.3, 0.4) is 0 Å². The molecular formula is C21H15ClFN9O. The highest BCUT2D eigenvalue weighted by atomic mass is 35.5. The molecule has 12 heteroatoms. The summed E-state index contributed by atoms with van der Waals surface area (Å²) < 4.78 is 14.0. The zero-order chi connectivity index (χ0) is 22.9. The summed E-state index contributed by atoms with van der Waals surface area (Å²) in [6.45, 7) is 1.77. The number of nitrogens with zero attached hydrogens (tertiary/aromatic N) is 6. The molecule has 10 nitrogen and oxygen atoms in total. The van der Waals surface area contributed by atoms with Gasteiger partial charge in [0.15, 0.2) is 11.5 Å². The van der Waals surface area contributed by atoms with Crippen molar-refractivity contribution in [1.29, 1.82) is 0 Å². The van der Waals surface area contributed by atoms with E-state index in [1.807, 2.05) is 18.2 Å². The van der Waals surface area contributed by atoms with Gasteiger partial charge in [-0.1, -0.05) is 11.6 Å². The smallest absolute Gasteiger partial charge is 0.346 e. The predicted molar refractivity (Wildman–Crippen MR) is 120 cm³/mol. The number of hydrogen-bond donors (Lipinski definition) is 3. The summed E-state index contributed by atoms with van der Waals surface area (Å²) in [7, 11) is 0. The first-order valence-corrected chi connectivity index (χ1v) is 10.2. The van der Waals surface area contributed by atoms with E-state index in [-0.39, 0.29) is 11.0 Å². The first kappa shape index (κ1) is 20.6. The van der Waals surface area contributed by atoms with Crippen LogP contribution in [0.25, 0.3) is 33.4 Å². The first-order valence-electron chi connectivity index (χ1n) is 9.78. The van der Waals surface area contributed by atoms with Gasteiger partial charge in [-0.05, 0) is 25.1 Å². The van der Waals surface area contributed by atoms with Gasteiger partial charge in [-0.25, -0.2) is 19.2 Å². The maximum absolute atomic E-state index is 14.0. The fourth-order valence-electron chi connectivity index (χ4n) is 3.42. The summed E-state index contributed by atoms with van der Waals surface area (Å²) in [5, 5.41) is 18.9. The van der Waals surface area contributed by atoms with Gasteiger partial charge in [-0.2, -0.15) is 20.3 Å². The Hall–Kier alpha value is -4.25. The zero-order valence-electron chi connectivity index (χ0n) is 17.0. The molecule has 0 fully saturated rings. The Morgan fingerprint density at radius 3 is 2.67 bits per heavy atom. The van der Waals surface area contributed by atoms with Gasteiger partial charge in [0.1, 0.15) is 11.0 Å². The Bertz CT molecular complexity index is 1520. The minimum Gasteiger partial charge on any atom is -0.362 e. The number of aromatic amines is 2. The van der Waals surface area contributed by atoms with Gasteiger partial charge in [0.05, 0.1) is 30.3 Å². The molecule has 0 spiro atoms. The Morgan fingerprint density at radius 1 is 1.03 bits per heavy atom. The highest BCUT2D eigenvalue weighted by Crippen LogP contribution is 2.32. The molecule has 0 aliphatic rings. The van der Waals surface area contributed by atoms with E-state index in [9.17, 15) is 9.18 Å². The Kier molecular flexibility index (Phi) is 5.23. The second kappa shape index (κ2) is 8.36. The predicted octanol–water partition coefficient (Wildman–Crippen LogP) is 3.53. The molecule has 0 saturated heterocycles. The average molecular weight is 464 g/mol. The van der Waals surface area contributed by atoms with Gasteiger partial charge in [-0.3, -0.25) is 10.1 Å². The quantitative estimate of drug-likeness (QED) is 0.336. The van der Waals surface area contributed by atoms with E-state index >= 15 is 0 Å². The van der Waals surface area contributed by atoms with Crippen LogP contribution in [0.15, 0.2) is 54.0 Å². The van der Waals surface area contributed by atoms with E-state index in [2.05, 4.69) is 45.6 Å². The van der Waals surface area contributed by atoms with Crippen molar-refractivity contribution in [2.75, 3.05) is 5.32 Å². The molecule has 1 unspecified atom stereocenters. The van der Waals surface area contributed by atoms with Crippen LogP contribution in [0.1, 0.15) is 18.5 Å². The van der Waals surface area contributed by atoms with E-state index in [0.717, 1.165) is 34.0 Å². The highest BCUT2D eigenvalue weighted by molar-refractivity contribution is 6.30. The van der Waals surface area contributed by atoms with Crippen molar-refractivity contribution < 1.29 is 4.39 Å². The van der Waals surface area contributed by atoms with Crippen molar-refractivity contribution in [3.8, 4) is 22.4 Å². The van der Waals surface area contributed by atoms with Crippen molar-refractivity contribution in [3.63, 3.8) is 0 Å². The lowest BCUT2D eigenvalue weighted by atomic mass is 10.0. The molecule has 1 atom stereocenters. The second-order valence-corrected chi connectivity index (χ2v) is 7.56. The number of aromatic nitrogens is 8. The van der Waals surface area contributed by atoms with Crippen LogP contribution in [-0.2, 0) is 0 Å². The molecule has 0 radical (unpaired) electrons. The molecule has 5 rings (SSSR count). The van der Waals surface area contributed by atoms with Gasteiger partial charge < -0.3 is 5.32 Å². The first-order chi connectivity index (χ1) is 16.0. The average Bonchev–Trinajstić information content (AvgIpc) is 3.25. The molecule has 5 aromatic rings. The Morgan fingerprint density at radius 2 is 1.85 bits per heavy atom. The Balaban J connectivity index is 1.52. The van der Waals surface area contributed by atoms with E-state index in [1.54, 1.807) is 31.7 Å². The normalized spacial score (nSPS) is 12.1. The molecular weight excluding hydrogens is 449 g/mol. The maximum Gasteiger partial charge on any atom is 0.346 e. The summed E-state index contributed by atoms with van der Waals surface area (Å²) >= 11 is 6.33. The van der Waals surface area contributed by atoms with Gasteiger partial charge in [0, 0.05) is 40.0 Å². The van der Waals surface area contributed by atoms with E-state index in [1.165, 1.54) is 0 Å². The van der Waals surface area contributed by atoms with Gasteiger partial charge >= 0.3 is 5.69 Å². The van der Waals surface area contributed by atoms with E-state index < -0.39 is 17.5 Å². The van der Waals surface area contributed by atoms with E-state index in [0.29, 0.717) is 11.2 Å². The lowest BCUT2D eigenvalue weighted by molar-refractivity contribution is 0.610. The van der Waals surface area contributed by atoms with E-state index in [4.69, 9.17) is 11.6 Å². The SMILES string of the molecule is CC(Nc1[nH]c(=O)ncc1F)c1cc(-c2cnc3n[nH]c(-c4ccnnc4)c3c2)cnc1Cl. The van der Waals surface area contributed by atoms with Crippen molar-refractivity contribution >= 4 is 28.5 Å². The molecule has 0 bridgehead atoms. The molecule has 5 aromatic heterocycles. The topological polar surface area (TPSA) is 138 Å². The van der Waals surface area contributed by atoms with Crippen LogP contribution in [-0.4, -0.2) is 40.3 Å². The number of halogens is 2. The third kappa shape index (κ3) is 4.01. The van der Waals surface area contributed by atoms with Gasteiger partial charge in [-0.15, -0.1) is 0 Å². The van der Waals surface area contributed by atoms with Gasteiger partial charge in [0.2, 0.25) is 0 Å². The third-order valence-corrected chi connectivity index (χ3v) is 5.39. The maximum atomic E-state index is 14.0. The highest BCUT2D eigenvalue weighted by Gasteiger charge is 2.16. The lowest BCUT2D eigenvalue weighted by Crippen LogP contribution is -2.17. The van der Waals surface area contributed by atoms with Crippen molar-refractivity contribution in [1.82, 2.24) is 40.3 Å². The second-order valence-electron chi connectivity index (χ2n) is 7.21. The number of nitrogens with one attached hydrogen (secondary N) is 3. The largest absolute Gasteiger partial charge is 0.362 e. The molecule has 33 heavy (non-hydrogen) atoms. The fourth-order valence-corrected chi connectivity index (χ4v) is 3.69. The molecule has 0 aliphatic heterocycles. The summed E-state index contributed by atoms with van der Waals surface area (Å²) in [4.78, 5) is 25.9. The molecule has 0 aromatic carbocycles. The number of anilines is 1. The molecule has 3 N–H and O–H groups in total. The number of hydrogen-bond acceptors (Lipinski definition) is 8. The molecule has 5 heterocycles. The zero-order valence-corrected chi connectivity index (χ0v) is 17.8. The molecule has 0 aliphatic carbocycles. The number of pyridine rings is 2. The lowest BCUT2D eigenvalue weighted by Gasteiger charge is -2.17. The van der Waals surface area contributed by atoms with Crippen LogP contribution in [0.4, 0.5) is 10.2 Å². The minimum absolute atomic E-state index is 0.0824. The Labute approximate surface area is 190 Å². The summed E-state index contributed by atoms with van der Waals surface area (Å²) in [5.41, 5.74) is 3.63. The monoisotopic (exact) mass is 463 g/mol. The molecule has 0 saturated carbocycles. The number of fused-ring (bicyclic) bond motifs is 1. The number of H-pyrrole nitrogens is 2. The minimum atomic E-state index is -0.686.